The molecule has 0 rings (SSSR count). The lowest BCUT2D eigenvalue weighted by atomic mass is 9.79. The summed E-state index contributed by atoms with van der Waals surface area (Å²) in [5, 5.41) is -1.54. The highest BCUT2D eigenvalue weighted by atomic mass is 32.2. The molecule has 0 bridgehead atoms. The minimum Gasteiger partial charge on any atom is -0.323 e. The van der Waals surface area contributed by atoms with Crippen LogP contribution in [0.25, 0.3) is 0 Å². The molecule has 3 atom stereocenters. The molecular weight excluding hydrogens is 377 g/mol. The second kappa shape index (κ2) is 9.99. The predicted molar refractivity (Wildman–Crippen MR) is 105 cm³/mol. The number of hydrogen-bond acceptors (Lipinski definition) is 4. The fourth-order valence-corrected chi connectivity index (χ4v) is 5.78. The fourth-order valence-electron chi connectivity index (χ4n) is 3.89. The van der Waals surface area contributed by atoms with Crippen LogP contribution in [0.1, 0.15) is 79.6 Å². The van der Waals surface area contributed by atoms with Crippen molar-refractivity contribution >= 4 is 17.7 Å². The summed E-state index contributed by atoms with van der Waals surface area (Å²) < 4.78 is 43.2. The summed E-state index contributed by atoms with van der Waals surface area (Å²) in [5.41, 5.74) is 5.42. The van der Waals surface area contributed by atoms with Gasteiger partial charge in [0.15, 0.2) is 0 Å². The smallest absolute Gasteiger partial charge is 0.323 e. The van der Waals surface area contributed by atoms with E-state index in [2.05, 4.69) is 6.92 Å². The van der Waals surface area contributed by atoms with Crippen molar-refractivity contribution in [3.05, 3.63) is 0 Å². The van der Waals surface area contributed by atoms with Gasteiger partial charge in [-0.3, -0.25) is 9.12 Å². The molecule has 5 N–H and O–H groups in total. The van der Waals surface area contributed by atoms with Crippen molar-refractivity contribution in [1.29, 1.82) is 0 Å². The summed E-state index contributed by atoms with van der Waals surface area (Å²) >= 11 is 0. The van der Waals surface area contributed by atoms with Crippen molar-refractivity contribution < 1.29 is 27.3 Å². The van der Waals surface area contributed by atoms with E-state index in [0.717, 1.165) is 25.7 Å². The van der Waals surface area contributed by atoms with Crippen molar-refractivity contribution in [3.8, 4) is 0 Å². The maximum absolute atomic E-state index is 11.7. The van der Waals surface area contributed by atoms with Crippen LogP contribution >= 0.6 is 7.60 Å². The summed E-state index contributed by atoms with van der Waals surface area (Å²) in [5.74, 6) is -0.249. The van der Waals surface area contributed by atoms with Crippen molar-refractivity contribution in [2.75, 3.05) is 5.75 Å². The Bertz CT molecular complexity index is 570. The van der Waals surface area contributed by atoms with Gasteiger partial charge in [0.1, 0.15) is 5.28 Å². The fraction of sp³-hybridized carbons (Fsp3) is 1.00. The van der Waals surface area contributed by atoms with Gasteiger partial charge in [-0.05, 0) is 37.0 Å². The van der Waals surface area contributed by atoms with Gasteiger partial charge >= 0.3 is 7.60 Å². The predicted octanol–water partition coefficient (Wildman–Crippen LogP) is 3.76. The average Bonchev–Trinajstić information content (AvgIpc) is 2.38. The van der Waals surface area contributed by atoms with Crippen LogP contribution in [0, 0.1) is 17.3 Å². The van der Waals surface area contributed by atoms with Crippen LogP contribution in [-0.4, -0.2) is 33.8 Å². The van der Waals surface area contributed by atoms with Crippen LogP contribution in [0.5, 0.6) is 0 Å². The molecule has 0 aliphatic carbocycles. The van der Waals surface area contributed by atoms with Gasteiger partial charge in [-0.15, -0.1) is 0 Å². The minimum atomic E-state index is -4.39. The van der Waals surface area contributed by atoms with Crippen LogP contribution in [-0.2, 0) is 14.7 Å². The first-order valence-corrected chi connectivity index (χ1v) is 12.6. The number of nitrogens with two attached hydrogens (primary N) is 1. The van der Waals surface area contributed by atoms with E-state index in [-0.39, 0.29) is 11.7 Å². The molecule has 0 aliphatic heterocycles. The molecule has 0 saturated carbocycles. The van der Waals surface area contributed by atoms with Crippen molar-refractivity contribution in [1.82, 2.24) is 0 Å². The van der Waals surface area contributed by atoms with Crippen molar-refractivity contribution in [2.45, 2.75) is 84.8 Å². The first-order valence-electron chi connectivity index (χ1n) is 9.35. The van der Waals surface area contributed by atoms with E-state index < -0.39 is 28.4 Å². The van der Waals surface area contributed by atoms with E-state index in [1.54, 1.807) is 0 Å². The van der Waals surface area contributed by atoms with Crippen LogP contribution < -0.4 is 5.73 Å². The third-order valence-electron chi connectivity index (χ3n) is 5.22. The van der Waals surface area contributed by atoms with Gasteiger partial charge in [-0.2, -0.15) is 8.42 Å². The molecule has 0 heterocycles. The van der Waals surface area contributed by atoms with E-state index in [0.29, 0.717) is 25.2 Å². The largest absolute Gasteiger partial charge is 0.345 e. The standard InChI is InChI=1S/C17H38NO6PS/c1-6-9-14(12-16(3,4)13-26(22,23)24)10-8-11-15(7-2)17(5,18)25(19,20)21/h14-15H,6-13,18H2,1-5H3,(H2,19,20,21)(H,22,23,24). The average molecular weight is 416 g/mol. The Morgan fingerprint density at radius 1 is 1.08 bits per heavy atom. The molecule has 0 spiro atoms. The first-order chi connectivity index (χ1) is 11.6. The molecule has 9 heteroatoms. The third-order valence-corrected chi connectivity index (χ3v) is 7.99. The van der Waals surface area contributed by atoms with Crippen molar-refractivity contribution in [2.24, 2.45) is 23.0 Å². The van der Waals surface area contributed by atoms with Crippen LogP contribution in [0.3, 0.4) is 0 Å². The van der Waals surface area contributed by atoms with Gasteiger partial charge in [0, 0.05) is 0 Å². The van der Waals surface area contributed by atoms with E-state index in [9.17, 15) is 22.8 Å². The van der Waals surface area contributed by atoms with Gasteiger partial charge in [-0.1, -0.05) is 59.8 Å². The molecule has 0 aliphatic rings. The molecule has 3 unspecified atom stereocenters. The summed E-state index contributed by atoms with van der Waals surface area (Å²) in [6.07, 6.45) is 5.42. The molecule has 0 aromatic heterocycles. The molecule has 0 saturated heterocycles. The molecule has 0 radical (unpaired) electrons. The lowest BCUT2D eigenvalue weighted by Crippen LogP contribution is -2.43. The quantitative estimate of drug-likeness (QED) is 0.265. The van der Waals surface area contributed by atoms with E-state index in [1.165, 1.54) is 6.92 Å². The summed E-state index contributed by atoms with van der Waals surface area (Å²) in [6.45, 7) is 9.04. The Morgan fingerprint density at radius 3 is 2.00 bits per heavy atom. The van der Waals surface area contributed by atoms with Crippen LogP contribution in [0.15, 0.2) is 0 Å². The summed E-state index contributed by atoms with van der Waals surface area (Å²) in [4.78, 5) is 19.0. The molecule has 0 aromatic rings. The van der Waals surface area contributed by atoms with Crippen molar-refractivity contribution in [3.63, 3.8) is 0 Å². The maximum Gasteiger partial charge on any atom is 0.345 e. The summed E-state index contributed by atoms with van der Waals surface area (Å²) in [7, 11) is -8.41. The van der Waals surface area contributed by atoms with Gasteiger partial charge in [0.25, 0.3) is 10.1 Å². The van der Waals surface area contributed by atoms with Crippen LogP contribution in [0.2, 0.25) is 0 Å². The highest BCUT2D eigenvalue weighted by Gasteiger charge is 2.44. The third kappa shape index (κ3) is 9.29. The molecule has 26 heavy (non-hydrogen) atoms. The normalized spacial score (nSPS) is 18.3. The number of rotatable bonds is 13. The second-order valence-electron chi connectivity index (χ2n) is 8.56. The molecule has 0 aromatic carbocycles. The minimum absolute atomic E-state index is 0.267. The highest BCUT2D eigenvalue weighted by Crippen LogP contribution is 2.52. The Labute approximate surface area is 159 Å². The molecule has 0 amide bonds. The molecule has 158 valence electrons. The van der Waals surface area contributed by atoms with Gasteiger partial charge in [0.05, 0.1) is 5.75 Å². The SMILES string of the molecule is CCCC(CCCC(CC)C(C)(N)P(=O)(O)O)CC(C)(C)CS(=O)(=O)O. The Kier molecular flexibility index (Phi) is 9.99. The maximum atomic E-state index is 11.7. The zero-order valence-corrected chi connectivity index (χ0v) is 18.5. The molecule has 0 fully saturated rings. The monoisotopic (exact) mass is 415 g/mol. The Hall–Kier alpha value is 0.0200. The zero-order chi connectivity index (χ0) is 20.8. The lowest BCUT2D eigenvalue weighted by molar-refractivity contribution is 0.239. The molecule has 7 nitrogen and oxygen atoms in total. The Morgan fingerprint density at radius 2 is 1.62 bits per heavy atom. The first kappa shape index (κ1) is 26.0. The van der Waals surface area contributed by atoms with E-state index >= 15 is 0 Å². The van der Waals surface area contributed by atoms with Crippen LogP contribution in [0.4, 0.5) is 0 Å². The molecular formula is C17H38NO6PS. The lowest BCUT2D eigenvalue weighted by Gasteiger charge is -2.34. The van der Waals surface area contributed by atoms with Gasteiger partial charge < -0.3 is 15.5 Å². The topological polar surface area (TPSA) is 138 Å². The van der Waals surface area contributed by atoms with Gasteiger partial charge in [-0.25, -0.2) is 0 Å². The zero-order valence-electron chi connectivity index (χ0n) is 16.8. The van der Waals surface area contributed by atoms with E-state index in [1.807, 2.05) is 20.8 Å². The van der Waals surface area contributed by atoms with E-state index in [4.69, 9.17) is 10.3 Å². The highest BCUT2D eigenvalue weighted by molar-refractivity contribution is 7.85. The summed E-state index contributed by atoms with van der Waals surface area (Å²) in [6, 6.07) is 0. The Balaban J connectivity index is 4.86. The second-order valence-corrected chi connectivity index (χ2v) is 12.1. The number of hydrogen-bond donors (Lipinski definition) is 4. The van der Waals surface area contributed by atoms with Gasteiger partial charge in [0.2, 0.25) is 0 Å².